The summed E-state index contributed by atoms with van der Waals surface area (Å²) in [6.07, 6.45) is -0.667. The minimum Gasteiger partial charge on any atom is -0.460 e. The van der Waals surface area contributed by atoms with Gasteiger partial charge in [0, 0.05) is 0 Å². The Labute approximate surface area is 99.5 Å². The van der Waals surface area contributed by atoms with Gasteiger partial charge in [0.05, 0.1) is 0 Å². The standard InChI is InChI=1S/C13H14O4/c1-12(2)16-10-11(14)15-8-13(10,17-12)9-6-4-3-5-7-9/h3-7,10H,8H2,1-2H3/t10-,13-/m1/s1. The number of carbonyl (C=O) groups is 1. The van der Waals surface area contributed by atoms with Crippen molar-refractivity contribution in [1.82, 2.24) is 0 Å². The molecule has 0 spiro atoms. The summed E-state index contributed by atoms with van der Waals surface area (Å²) < 4.78 is 16.7. The summed E-state index contributed by atoms with van der Waals surface area (Å²) in [6, 6.07) is 9.62. The lowest BCUT2D eigenvalue weighted by molar-refractivity contribution is -0.190. The Morgan fingerprint density at radius 1 is 1.24 bits per heavy atom. The molecule has 0 saturated carbocycles. The number of rotatable bonds is 1. The van der Waals surface area contributed by atoms with E-state index in [0.29, 0.717) is 0 Å². The van der Waals surface area contributed by atoms with Gasteiger partial charge in [0.15, 0.2) is 17.5 Å². The van der Waals surface area contributed by atoms with Gasteiger partial charge in [-0.3, -0.25) is 0 Å². The topological polar surface area (TPSA) is 44.8 Å². The number of hydrogen-bond donors (Lipinski definition) is 0. The maximum absolute atomic E-state index is 11.7. The molecule has 2 heterocycles. The Morgan fingerprint density at radius 3 is 2.65 bits per heavy atom. The van der Waals surface area contributed by atoms with Crippen molar-refractivity contribution in [3.8, 4) is 0 Å². The molecule has 2 aliphatic heterocycles. The molecule has 2 aliphatic rings. The minimum atomic E-state index is -0.790. The van der Waals surface area contributed by atoms with Crippen molar-refractivity contribution < 1.29 is 19.0 Å². The summed E-state index contributed by atoms with van der Waals surface area (Å²) in [6.45, 7) is 3.83. The second-order valence-electron chi connectivity index (χ2n) is 4.86. The van der Waals surface area contributed by atoms with Crippen LogP contribution in [0.25, 0.3) is 0 Å². The van der Waals surface area contributed by atoms with Gasteiger partial charge in [-0.15, -0.1) is 0 Å². The Bertz CT molecular complexity index is 454. The lowest BCUT2D eigenvalue weighted by atomic mass is 9.91. The highest BCUT2D eigenvalue weighted by Crippen LogP contribution is 2.47. The van der Waals surface area contributed by atoms with Crippen LogP contribution in [0, 0.1) is 0 Å². The summed E-state index contributed by atoms with van der Waals surface area (Å²) in [4.78, 5) is 11.7. The van der Waals surface area contributed by atoms with Crippen molar-refractivity contribution in [1.29, 1.82) is 0 Å². The number of carbonyl (C=O) groups excluding carboxylic acids is 1. The van der Waals surface area contributed by atoms with E-state index >= 15 is 0 Å². The van der Waals surface area contributed by atoms with Crippen LogP contribution in [0.2, 0.25) is 0 Å². The minimum absolute atomic E-state index is 0.212. The largest absolute Gasteiger partial charge is 0.460 e. The van der Waals surface area contributed by atoms with Gasteiger partial charge in [-0.1, -0.05) is 30.3 Å². The number of benzene rings is 1. The van der Waals surface area contributed by atoms with Crippen molar-refractivity contribution in [2.24, 2.45) is 0 Å². The molecule has 3 rings (SSSR count). The van der Waals surface area contributed by atoms with E-state index in [1.165, 1.54) is 0 Å². The third-order valence-corrected chi connectivity index (χ3v) is 3.16. The number of hydrogen-bond acceptors (Lipinski definition) is 4. The lowest BCUT2D eigenvalue weighted by Crippen LogP contribution is -2.37. The predicted molar refractivity (Wildman–Crippen MR) is 59.1 cm³/mol. The average molecular weight is 234 g/mol. The maximum atomic E-state index is 11.7. The van der Waals surface area contributed by atoms with Gasteiger partial charge in [0.1, 0.15) is 6.61 Å². The lowest BCUT2D eigenvalue weighted by Gasteiger charge is -2.26. The summed E-state index contributed by atoms with van der Waals surface area (Å²) in [7, 11) is 0. The number of ether oxygens (including phenoxy) is 3. The van der Waals surface area contributed by atoms with Crippen molar-refractivity contribution in [2.45, 2.75) is 31.3 Å². The van der Waals surface area contributed by atoms with Crippen molar-refractivity contribution in [3.05, 3.63) is 35.9 Å². The molecular formula is C13H14O4. The monoisotopic (exact) mass is 234 g/mol. The summed E-state index contributed by atoms with van der Waals surface area (Å²) in [5.74, 6) is -1.11. The molecule has 0 bridgehead atoms. The van der Waals surface area contributed by atoms with Crippen LogP contribution in [-0.2, 0) is 24.6 Å². The van der Waals surface area contributed by atoms with E-state index in [1.54, 1.807) is 0 Å². The molecule has 2 atom stereocenters. The van der Waals surface area contributed by atoms with Crippen LogP contribution < -0.4 is 0 Å². The molecule has 4 nitrogen and oxygen atoms in total. The average Bonchev–Trinajstić information content (AvgIpc) is 2.75. The second kappa shape index (κ2) is 3.31. The Hall–Kier alpha value is -1.39. The van der Waals surface area contributed by atoms with Crippen LogP contribution in [0.5, 0.6) is 0 Å². The van der Waals surface area contributed by atoms with Gasteiger partial charge in [-0.2, -0.15) is 0 Å². The van der Waals surface area contributed by atoms with E-state index < -0.39 is 17.5 Å². The van der Waals surface area contributed by atoms with Crippen molar-refractivity contribution in [3.63, 3.8) is 0 Å². The van der Waals surface area contributed by atoms with Crippen LogP contribution in [0.4, 0.5) is 0 Å². The summed E-state index contributed by atoms with van der Waals surface area (Å²) in [5, 5.41) is 0. The maximum Gasteiger partial charge on any atom is 0.339 e. The molecule has 1 aromatic carbocycles. The van der Waals surface area contributed by atoms with Crippen LogP contribution in [-0.4, -0.2) is 24.5 Å². The van der Waals surface area contributed by atoms with E-state index in [2.05, 4.69) is 0 Å². The highest BCUT2D eigenvalue weighted by molar-refractivity contribution is 5.79. The molecule has 0 unspecified atom stereocenters. The fourth-order valence-corrected chi connectivity index (χ4v) is 2.51. The third kappa shape index (κ3) is 1.48. The Morgan fingerprint density at radius 2 is 1.94 bits per heavy atom. The Balaban J connectivity index is 2.08. The molecule has 2 fully saturated rings. The van der Waals surface area contributed by atoms with E-state index in [9.17, 15) is 4.79 Å². The first-order valence-electron chi connectivity index (χ1n) is 5.64. The fraction of sp³-hybridized carbons (Fsp3) is 0.462. The van der Waals surface area contributed by atoms with Gasteiger partial charge < -0.3 is 14.2 Å². The molecule has 1 aromatic rings. The normalized spacial score (nSPS) is 34.5. The molecule has 2 saturated heterocycles. The molecule has 0 aromatic heterocycles. The highest BCUT2D eigenvalue weighted by atomic mass is 16.8. The smallest absolute Gasteiger partial charge is 0.339 e. The first-order valence-corrected chi connectivity index (χ1v) is 5.64. The van der Waals surface area contributed by atoms with Crippen LogP contribution in [0.15, 0.2) is 30.3 Å². The molecule has 0 amide bonds. The number of esters is 1. The predicted octanol–water partition coefficient (Wildman–Crippen LogP) is 1.59. The SMILES string of the molecule is CC1(C)O[C@@H]2C(=O)OC[C@]2(c2ccccc2)O1. The van der Waals surface area contributed by atoms with Gasteiger partial charge in [0.2, 0.25) is 0 Å². The van der Waals surface area contributed by atoms with Gasteiger partial charge >= 0.3 is 5.97 Å². The first-order chi connectivity index (χ1) is 8.04. The molecule has 0 aliphatic carbocycles. The van der Waals surface area contributed by atoms with Crippen molar-refractivity contribution in [2.75, 3.05) is 6.61 Å². The van der Waals surface area contributed by atoms with E-state index in [1.807, 2.05) is 44.2 Å². The van der Waals surface area contributed by atoms with Gasteiger partial charge in [-0.05, 0) is 19.4 Å². The van der Waals surface area contributed by atoms with E-state index in [0.717, 1.165) is 5.56 Å². The quantitative estimate of drug-likeness (QED) is 0.692. The third-order valence-electron chi connectivity index (χ3n) is 3.16. The van der Waals surface area contributed by atoms with Crippen LogP contribution in [0.3, 0.4) is 0 Å². The molecule has 0 radical (unpaired) electrons. The molecule has 90 valence electrons. The zero-order chi connectivity index (χ0) is 12.1. The zero-order valence-electron chi connectivity index (χ0n) is 9.80. The molecule has 4 heteroatoms. The fourth-order valence-electron chi connectivity index (χ4n) is 2.51. The van der Waals surface area contributed by atoms with Crippen LogP contribution in [0.1, 0.15) is 19.4 Å². The van der Waals surface area contributed by atoms with Gasteiger partial charge in [0.25, 0.3) is 0 Å². The van der Waals surface area contributed by atoms with Crippen molar-refractivity contribution >= 4 is 5.97 Å². The highest BCUT2D eigenvalue weighted by Gasteiger charge is 2.62. The number of cyclic esters (lactones) is 1. The van der Waals surface area contributed by atoms with E-state index in [4.69, 9.17) is 14.2 Å². The Kier molecular flexibility index (Phi) is 2.09. The zero-order valence-corrected chi connectivity index (χ0v) is 9.80. The molecule has 0 N–H and O–H groups in total. The molecule has 17 heavy (non-hydrogen) atoms. The first kappa shape index (κ1) is 10.7. The molecular weight excluding hydrogens is 220 g/mol. The number of fused-ring (bicyclic) bond motifs is 1. The van der Waals surface area contributed by atoms with E-state index in [-0.39, 0.29) is 12.6 Å². The van der Waals surface area contributed by atoms with Gasteiger partial charge in [-0.25, -0.2) is 4.79 Å². The second-order valence-corrected chi connectivity index (χ2v) is 4.86. The van der Waals surface area contributed by atoms with Crippen LogP contribution >= 0.6 is 0 Å². The summed E-state index contributed by atoms with van der Waals surface area (Å²) >= 11 is 0. The summed E-state index contributed by atoms with van der Waals surface area (Å²) in [5.41, 5.74) is 0.128.